The summed E-state index contributed by atoms with van der Waals surface area (Å²) in [6.07, 6.45) is 5.94. The molecule has 0 atom stereocenters. The van der Waals surface area contributed by atoms with E-state index in [0.29, 0.717) is 35.6 Å². The van der Waals surface area contributed by atoms with Crippen molar-refractivity contribution >= 4 is 23.1 Å². The maximum Gasteiger partial charge on any atom is 0.261 e. The molecule has 5 nitrogen and oxygen atoms in total. The highest BCUT2D eigenvalue weighted by molar-refractivity contribution is 5.80. The van der Waals surface area contributed by atoms with Gasteiger partial charge in [0.25, 0.3) is 5.56 Å². The minimum absolute atomic E-state index is 0.0359. The first-order valence-electron chi connectivity index (χ1n) is 7.62. The highest BCUT2D eigenvalue weighted by Gasteiger charge is 2.09. The largest absolute Gasteiger partial charge is 0.465 e. The van der Waals surface area contributed by atoms with Crippen LogP contribution in [0.15, 0.2) is 45.8 Å². The molecule has 23 heavy (non-hydrogen) atoms. The number of aromatic nitrogens is 2. The predicted octanol–water partition coefficient (Wildman–Crippen LogP) is 2.82. The normalized spacial score (nSPS) is 11.6. The zero-order valence-corrected chi connectivity index (χ0v) is 13.0. The van der Waals surface area contributed by atoms with Gasteiger partial charge in [-0.3, -0.25) is 9.36 Å². The molecule has 0 aliphatic heterocycles. The van der Waals surface area contributed by atoms with Gasteiger partial charge >= 0.3 is 0 Å². The van der Waals surface area contributed by atoms with Crippen molar-refractivity contribution in [2.24, 2.45) is 5.73 Å². The van der Waals surface area contributed by atoms with Crippen LogP contribution >= 0.6 is 0 Å². The summed E-state index contributed by atoms with van der Waals surface area (Å²) in [5.74, 6) is 1.32. The Morgan fingerprint density at radius 1 is 1.30 bits per heavy atom. The van der Waals surface area contributed by atoms with E-state index in [1.165, 1.54) is 0 Å². The molecule has 0 aliphatic carbocycles. The van der Waals surface area contributed by atoms with Gasteiger partial charge in [0.2, 0.25) is 0 Å². The molecule has 118 valence electrons. The monoisotopic (exact) mass is 309 g/mol. The Labute approximate surface area is 134 Å². The zero-order valence-electron chi connectivity index (χ0n) is 13.0. The summed E-state index contributed by atoms with van der Waals surface area (Å²) in [6.45, 7) is 3.04. The minimum atomic E-state index is -0.0359. The lowest BCUT2D eigenvalue weighted by atomic mass is 10.1. The number of benzene rings is 1. The summed E-state index contributed by atoms with van der Waals surface area (Å²) >= 11 is 0. The summed E-state index contributed by atoms with van der Waals surface area (Å²) in [5, 5.41) is 0.636. The summed E-state index contributed by atoms with van der Waals surface area (Å²) in [5.41, 5.74) is 7.30. The van der Waals surface area contributed by atoms with Crippen molar-refractivity contribution in [1.29, 1.82) is 0 Å². The molecule has 3 rings (SSSR count). The molecule has 0 aliphatic rings. The fourth-order valence-corrected chi connectivity index (χ4v) is 2.49. The average Bonchev–Trinajstić information content (AvgIpc) is 3.06. The van der Waals surface area contributed by atoms with Crippen molar-refractivity contribution in [3.8, 4) is 0 Å². The Morgan fingerprint density at radius 3 is 2.91 bits per heavy atom. The van der Waals surface area contributed by atoms with Gasteiger partial charge in [-0.15, -0.1) is 0 Å². The van der Waals surface area contributed by atoms with Gasteiger partial charge in [0, 0.05) is 6.54 Å². The molecule has 5 heteroatoms. The second-order valence-electron chi connectivity index (χ2n) is 5.44. The number of hydrogen-bond donors (Lipinski definition) is 1. The molecular weight excluding hydrogens is 290 g/mol. The Balaban J connectivity index is 2.14. The highest BCUT2D eigenvalue weighted by atomic mass is 16.3. The number of nitrogens with zero attached hydrogens (tertiary/aromatic N) is 2. The van der Waals surface area contributed by atoms with Crippen LogP contribution in [0.25, 0.3) is 23.1 Å². The van der Waals surface area contributed by atoms with Crippen LogP contribution in [-0.4, -0.2) is 16.1 Å². The van der Waals surface area contributed by atoms with Crippen LogP contribution in [0.4, 0.5) is 0 Å². The quantitative estimate of drug-likeness (QED) is 0.786. The SMILES string of the molecule is Cc1ccc2nc(C=Cc3ccco3)n(CCCN)c(=O)c2c1. The number of rotatable bonds is 5. The fraction of sp³-hybridized carbons (Fsp3) is 0.222. The van der Waals surface area contributed by atoms with E-state index in [1.54, 1.807) is 23.0 Å². The number of fused-ring (bicyclic) bond motifs is 1. The van der Waals surface area contributed by atoms with E-state index in [0.717, 1.165) is 12.0 Å². The van der Waals surface area contributed by atoms with E-state index in [2.05, 4.69) is 4.98 Å². The Hall–Kier alpha value is -2.66. The lowest BCUT2D eigenvalue weighted by Crippen LogP contribution is -2.25. The van der Waals surface area contributed by atoms with Crippen molar-refractivity contribution in [2.45, 2.75) is 19.9 Å². The van der Waals surface area contributed by atoms with Gasteiger partial charge in [0.15, 0.2) is 0 Å². The molecule has 0 spiro atoms. The van der Waals surface area contributed by atoms with Gasteiger partial charge in [0.1, 0.15) is 11.6 Å². The van der Waals surface area contributed by atoms with E-state index in [-0.39, 0.29) is 5.56 Å². The molecule has 2 N–H and O–H groups in total. The molecule has 2 heterocycles. The average molecular weight is 309 g/mol. The minimum Gasteiger partial charge on any atom is -0.465 e. The van der Waals surface area contributed by atoms with Crippen LogP contribution in [0.1, 0.15) is 23.6 Å². The fourth-order valence-electron chi connectivity index (χ4n) is 2.49. The van der Waals surface area contributed by atoms with Crippen molar-refractivity contribution < 1.29 is 4.42 Å². The molecule has 0 unspecified atom stereocenters. The van der Waals surface area contributed by atoms with E-state index in [1.807, 2.05) is 37.3 Å². The van der Waals surface area contributed by atoms with E-state index in [4.69, 9.17) is 10.2 Å². The van der Waals surface area contributed by atoms with Crippen LogP contribution in [-0.2, 0) is 6.54 Å². The number of furan rings is 1. The summed E-state index contributed by atoms with van der Waals surface area (Å²) < 4.78 is 6.96. The van der Waals surface area contributed by atoms with E-state index in [9.17, 15) is 4.79 Å². The third kappa shape index (κ3) is 3.24. The second-order valence-corrected chi connectivity index (χ2v) is 5.44. The van der Waals surface area contributed by atoms with Crippen LogP contribution in [0, 0.1) is 6.92 Å². The van der Waals surface area contributed by atoms with Crippen LogP contribution in [0.5, 0.6) is 0 Å². The van der Waals surface area contributed by atoms with Gasteiger partial charge in [-0.1, -0.05) is 11.6 Å². The van der Waals surface area contributed by atoms with Gasteiger partial charge < -0.3 is 10.2 Å². The maximum atomic E-state index is 12.8. The lowest BCUT2D eigenvalue weighted by molar-refractivity contribution is 0.557. The Kier molecular flexibility index (Phi) is 4.39. The van der Waals surface area contributed by atoms with Crippen molar-refractivity contribution in [3.63, 3.8) is 0 Å². The first-order valence-corrected chi connectivity index (χ1v) is 7.62. The molecule has 0 bridgehead atoms. The second kappa shape index (κ2) is 6.62. The third-order valence-electron chi connectivity index (χ3n) is 3.66. The first-order chi connectivity index (χ1) is 11.2. The summed E-state index contributed by atoms with van der Waals surface area (Å²) in [4.78, 5) is 17.4. The molecule has 3 aromatic rings. The molecular formula is C18H19N3O2. The van der Waals surface area contributed by atoms with Gasteiger partial charge in [0.05, 0.1) is 17.2 Å². The molecule has 0 fully saturated rings. The predicted molar refractivity (Wildman–Crippen MR) is 92.0 cm³/mol. The number of aryl methyl sites for hydroxylation is 1. The van der Waals surface area contributed by atoms with Crippen molar-refractivity contribution in [3.05, 3.63) is 64.1 Å². The summed E-state index contributed by atoms with van der Waals surface area (Å²) in [6, 6.07) is 9.38. The lowest BCUT2D eigenvalue weighted by Gasteiger charge is -2.11. The molecule has 0 saturated heterocycles. The van der Waals surface area contributed by atoms with Gasteiger partial charge in [-0.25, -0.2) is 4.98 Å². The molecule has 2 aromatic heterocycles. The number of hydrogen-bond acceptors (Lipinski definition) is 4. The third-order valence-corrected chi connectivity index (χ3v) is 3.66. The highest BCUT2D eigenvalue weighted by Crippen LogP contribution is 2.13. The van der Waals surface area contributed by atoms with Crippen LogP contribution in [0.3, 0.4) is 0 Å². The molecule has 0 saturated carbocycles. The van der Waals surface area contributed by atoms with Gasteiger partial charge in [-0.05, 0) is 56.3 Å². The van der Waals surface area contributed by atoms with Gasteiger partial charge in [-0.2, -0.15) is 0 Å². The first kappa shape index (κ1) is 15.2. The standard InChI is InChI=1S/C18H19N3O2/c1-13-5-7-16-15(12-13)18(22)21(10-3-9-19)17(20-16)8-6-14-4-2-11-23-14/h2,4-8,11-12H,3,9-10,19H2,1H3. The maximum absolute atomic E-state index is 12.8. The topological polar surface area (TPSA) is 74.1 Å². The number of nitrogens with two attached hydrogens (primary N) is 1. The molecule has 0 amide bonds. The van der Waals surface area contributed by atoms with Crippen molar-refractivity contribution in [2.75, 3.05) is 6.54 Å². The Morgan fingerprint density at radius 2 is 2.17 bits per heavy atom. The Bertz CT molecular complexity index is 893. The molecule has 0 radical (unpaired) electrons. The van der Waals surface area contributed by atoms with Crippen molar-refractivity contribution in [1.82, 2.24) is 9.55 Å². The van der Waals surface area contributed by atoms with Crippen LogP contribution < -0.4 is 11.3 Å². The zero-order chi connectivity index (χ0) is 16.2. The van der Waals surface area contributed by atoms with E-state index >= 15 is 0 Å². The molecule has 1 aromatic carbocycles. The van der Waals surface area contributed by atoms with Crippen LogP contribution in [0.2, 0.25) is 0 Å². The summed E-state index contributed by atoms with van der Waals surface area (Å²) in [7, 11) is 0. The smallest absolute Gasteiger partial charge is 0.261 e. The van der Waals surface area contributed by atoms with E-state index < -0.39 is 0 Å².